The lowest BCUT2D eigenvalue weighted by molar-refractivity contribution is 0.287. The fraction of sp³-hybridized carbons (Fsp3) is 0.259. The Labute approximate surface area is 198 Å². The number of benzene rings is 1. The lowest BCUT2D eigenvalue weighted by Gasteiger charge is -2.28. The third-order valence-electron chi connectivity index (χ3n) is 6.76. The number of nitrogens with one attached hydrogen (secondary N) is 1. The minimum Gasteiger partial charge on any atom is -0.343 e. The Kier molecular flexibility index (Phi) is 5.19. The molecule has 2 atom stereocenters. The summed E-state index contributed by atoms with van der Waals surface area (Å²) < 4.78 is 2.05. The van der Waals surface area contributed by atoms with Crippen molar-refractivity contribution in [1.29, 1.82) is 0 Å². The fourth-order valence-electron chi connectivity index (χ4n) is 4.95. The molecule has 7 heteroatoms. The number of fused-ring (bicyclic) bond motifs is 1. The number of hydrogen-bond donors (Lipinski definition) is 2. The van der Waals surface area contributed by atoms with Crippen LogP contribution < -0.4 is 5.73 Å². The first-order valence-electron chi connectivity index (χ1n) is 11.8. The van der Waals surface area contributed by atoms with Gasteiger partial charge in [-0.3, -0.25) is 14.6 Å². The second kappa shape index (κ2) is 8.50. The van der Waals surface area contributed by atoms with E-state index in [1.54, 1.807) is 6.33 Å². The Bertz CT molecular complexity index is 1460. The standard InChI is InChI=1S/C27H27N7/c1-17-5-4-7-24(32-17)27-26(30-16-31-27)18-9-10-22-19(13-18)14-20(15-29-22)23-11-12-34(33-23)25-8-3-2-6-21(25)28/h4-5,7,9-16,21,25H,2-3,6,8,28H2,1H3,(H,30,31). The van der Waals surface area contributed by atoms with Gasteiger partial charge in [-0.2, -0.15) is 5.10 Å². The molecule has 170 valence electrons. The topological polar surface area (TPSA) is 98.3 Å². The number of H-pyrrole nitrogens is 1. The minimum atomic E-state index is 0.171. The van der Waals surface area contributed by atoms with Crippen molar-refractivity contribution >= 4 is 10.9 Å². The molecule has 1 aliphatic carbocycles. The van der Waals surface area contributed by atoms with E-state index in [4.69, 9.17) is 15.8 Å². The average molecular weight is 450 g/mol. The van der Waals surface area contributed by atoms with Gasteiger partial charge in [0, 0.05) is 40.6 Å². The van der Waals surface area contributed by atoms with Crippen molar-refractivity contribution in [1.82, 2.24) is 29.7 Å². The maximum atomic E-state index is 6.37. The molecule has 1 aromatic carbocycles. The second-order valence-electron chi connectivity index (χ2n) is 9.12. The molecular formula is C27H27N7. The highest BCUT2D eigenvalue weighted by molar-refractivity contribution is 5.89. The van der Waals surface area contributed by atoms with E-state index in [2.05, 4.69) is 45.4 Å². The lowest BCUT2D eigenvalue weighted by atomic mass is 9.91. The molecule has 4 aromatic heterocycles. The summed E-state index contributed by atoms with van der Waals surface area (Å²) in [6, 6.07) is 16.9. The van der Waals surface area contributed by atoms with Crippen LogP contribution in [0.5, 0.6) is 0 Å². The van der Waals surface area contributed by atoms with E-state index in [0.29, 0.717) is 0 Å². The van der Waals surface area contributed by atoms with Gasteiger partial charge in [0.25, 0.3) is 0 Å². The SMILES string of the molecule is Cc1cccc(-c2[nH]cnc2-c2ccc3ncc(-c4ccn(C5CCCCC5N)n4)cc3c2)n1. The normalized spacial score (nSPS) is 18.4. The zero-order valence-electron chi connectivity index (χ0n) is 19.1. The number of rotatable bonds is 4. The maximum Gasteiger partial charge on any atom is 0.0977 e. The van der Waals surface area contributed by atoms with Crippen molar-refractivity contribution in [3.05, 3.63) is 72.9 Å². The summed E-state index contributed by atoms with van der Waals surface area (Å²) in [6.07, 6.45) is 10.2. The first-order valence-corrected chi connectivity index (χ1v) is 11.8. The van der Waals surface area contributed by atoms with Gasteiger partial charge in [-0.1, -0.05) is 25.0 Å². The summed E-state index contributed by atoms with van der Waals surface area (Å²) in [5.74, 6) is 0. The molecule has 6 rings (SSSR count). The molecule has 34 heavy (non-hydrogen) atoms. The van der Waals surface area contributed by atoms with Crippen molar-refractivity contribution < 1.29 is 0 Å². The van der Waals surface area contributed by atoms with Crippen LogP contribution in [0.1, 0.15) is 37.4 Å². The number of aromatic amines is 1. The van der Waals surface area contributed by atoms with E-state index in [1.807, 2.05) is 42.1 Å². The van der Waals surface area contributed by atoms with Crippen molar-refractivity contribution in [3.8, 4) is 33.9 Å². The molecule has 3 N–H and O–H groups in total. The number of aromatic nitrogens is 6. The number of imidazole rings is 1. The number of aryl methyl sites for hydroxylation is 1. The molecule has 1 saturated carbocycles. The number of hydrogen-bond acceptors (Lipinski definition) is 5. The molecule has 0 bridgehead atoms. The summed E-state index contributed by atoms with van der Waals surface area (Å²) in [5, 5.41) is 5.91. The van der Waals surface area contributed by atoms with Crippen LogP contribution in [-0.2, 0) is 0 Å². The number of nitrogens with zero attached hydrogens (tertiary/aromatic N) is 5. The van der Waals surface area contributed by atoms with Gasteiger partial charge in [-0.25, -0.2) is 4.98 Å². The first kappa shape index (κ1) is 20.7. The Morgan fingerprint density at radius 3 is 2.74 bits per heavy atom. The molecule has 0 spiro atoms. The first-order chi connectivity index (χ1) is 16.7. The van der Waals surface area contributed by atoms with E-state index >= 15 is 0 Å². The smallest absolute Gasteiger partial charge is 0.0977 e. The van der Waals surface area contributed by atoms with E-state index < -0.39 is 0 Å². The van der Waals surface area contributed by atoms with Crippen LogP contribution in [0.15, 0.2) is 67.3 Å². The Balaban J connectivity index is 1.35. The minimum absolute atomic E-state index is 0.171. The quantitative estimate of drug-likeness (QED) is 0.388. The third kappa shape index (κ3) is 3.78. The Morgan fingerprint density at radius 2 is 1.85 bits per heavy atom. The summed E-state index contributed by atoms with van der Waals surface area (Å²) in [6.45, 7) is 1.99. The molecule has 0 amide bonds. The van der Waals surface area contributed by atoms with Crippen LogP contribution in [0.25, 0.3) is 44.8 Å². The zero-order valence-corrected chi connectivity index (χ0v) is 19.1. The molecule has 2 unspecified atom stereocenters. The predicted molar refractivity (Wildman–Crippen MR) is 134 cm³/mol. The molecule has 0 radical (unpaired) electrons. The summed E-state index contributed by atoms with van der Waals surface area (Å²) in [5.41, 5.74) is 13.9. The van der Waals surface area contributed by atoms with E-state index in [-0.39, 0.29) is 12.1 Å². The maximum absolute atomic E-state index is 6.37. The van der Waals surface area contributed by atoms with Crippen LogP contribution in [-0.4, -0.2) is 35.8 Å². The fourth-order valence-corrected chi connectivity index (χ4v) is 4.95. The molecule has 1 fully saturated rings. The van der Waals surface area contributed by atoms with Crippen LogP contribution in [0.2, 0.25) is 0 Å². The van der Waals surface area contributed by atoms with Gasteiger partial charge in [-0.15, -0.1) is 0 Å². The third-order valence-corrected chi connectivity index (χ3v) is 6.76. The highest BCUT2D eigenvalue weighted by Crippen LogP contribution is 2.32. The Hall–Kier alpha value is -3.84. The van der Waals surface area contributed by atoms with Crippen LogP contribution in [0, 0.1) is 6.92 Å². The monoisotopic (exact) mass is 449 g/mol. The second-order valence-corrected chi connectivity index (χ2v) is 9.12. The van der Waals surface area contributed by atoms with Crippen molar-refractivity contribution in [2.75, 3.05) is 0 Å². The van der Waals surface area contributed by atoms with Crippen molar-refractivity contribution in [2.24, 2.45) is 5.73 Å². The summed E-state index contributed by atoms with van der Waals surface area (Å²) in [4.78, 5) is 17.2. The van der Waals surface area contributed by atoms with Gasteiger partial charge in [0.1, 0.15) is 0 Å². The van der Waals surface area contributed by atoms with Crippen molar-refractivity contribution in [2.45, 2.75) is 44.7 Å². The van der Waals surface area contributed by atoms with Crippen molar-refractivity contribution in [3.63, 3.8) is 0 Å². The Morgan fingerprint density at radius 1 is 0.971 bits per heavy atom. The molecule has 0 saturated heterocycles. The lowest BCUT2D eigenvalue weighted by Crippen LogP contribution is -2.35. The van der Waals surface area contributed by atoms with E-state index in [9.17, 15) is 0 Å². The highest BCUT2D eigenvalue weighted by atomic mass is 15.3. The van der Waals surface area contributed by atoms with Gasteiger partial charge in [0.2, 0.25) is 0 Å². The number of nitrogens with two attached hydrogens (primary N) is 1. The van der Waals surface area contributed by atoms with Crippen LogP contribution in [0.3, 0.4) is 0 Å². The molecule has 4 heterocycles. The summed E-state index contributed by atoms with van der Waals surface area (Å²) in [7, 11) is 0. The van der Waals surface area contributed by atoms with Crippen LogP contribution in [0.4, 0.5) is 0 Å². The van der Waals surface area contributed by atoms with Gasteiger partial charge >= 0.3 is 0 Å². The zero-order chi connectivity index (χ0) is 23.1. The van der Waals surface area contributed by atoms with E-state index in [0.717, 1.165) is 63.3 Å². The van der Waals surface area contributed by atoms with Crippen LogP contribution >= 0.6 is 0 Å². The van der Waals surface area contributed by atoms with Gasteiger partial charge < -0.3 is 10.7 Å². The van der Waals surface area contributed by atoms with Gasteiger partial charge in [0.15, 0.2) is 0 Å². The summed E-state index contributed by atoms with van der Waals surface area (Å²) >= 11 is 0. The molecular weight excluding hydrogens is 422 g/mol. The molecule has 5 aromatic rings. The average Bonchev–Trinajstić information content (AvgIpc) is 3.54. The van der Waals surface area contributed by atoms with Gasteiger partial charge in [-0.05, 0) is 56.2 Å². The predicted octanol–water partition coefficient (Wildman–Crippen LogP) is 5.30. The molecule has 7 nitrogen and oxygen atoms in total. The molecule has 0 aliphatic heterocycles. The molecule has 1 aliphatic rings. The largest absolute Gasteiger partial charge is 0.343 e. The number of pyridine rings is 2. The van der Waals surface area contributed by atoms with E-state index in [1.165, 1.54) is 12.8 Å². The highest BCUT2D eigenvalue weighted by Gasteiger charge is 2.24. The van der Waals surface area contributed by atoms with Gasteiger partial charge in [0.05, 0.1) is 40.7 Å².